The normalized spacial score (nSPS) is 11.9. The number of nitrogens with zero attached hydrogens (tertiary/aromatic N) is 1. The van der Waals surface area contributed by atoms with E-state index in [-0.39, 0.29) is 6.04 Å². The maximum atomic E-state index is 5.80. The summed E-state index contributed by atoms with van der Waals surface area (Å²) in [4.78, 5) is 4.13. The number of pyridine rings is 1. The minimum atomic E-state index is 0.0347. The van der Waals surface area contributed by atoms with Crippen LogP contribution in [0.2, 0.25) is 0 Å². The molecule has 0 amide bonds. The fraction of sp³-hybridized carbons (Fsp3) is 0.267. The van der Waals surface area contributed by atoms with E-state index in [1.54, 1.807) is 13.3 Å². The molecule has 19 heavy (non-hydrogen) atoms. The average molecular weight is 258 g/mol. The summed E-state index contributed by atoms with van der Waals surface area (Å²) < 4.78 is 10.9. The Labute approximate surface area is 113 Å². The van der Waals surface area contributed by atoms with Gasteiger partial charge in [-0.15, -0.1) is 0 Å². The molecule has 1 aromatic heterocycles. The number of hydrogen-bond donors (Lipinski definition) is 1. The Morgan fingerprint density at radius 3 is 2.58 bits per heavy atom. The Kier molecular flexibility index (Phi) is 4.36. The highest BCUT2D eigenvalue weighted by Gasteiger charge is 2.04. The van der Waals surface area contributed by atoms with E-state index >= 15 is 0 Å². The van der Waals surface area contributed by atoms with E-state index < -0.39 is 0 Å². The Morgan fingerprint density at radius 1 is 1.21 bits per heavy atom. The summed E-state index contributed by atoms with van der Waals surface area (Å²) in [6, 6.07) is 11.6. The number of rotatable bonds is 5. The maximum Gasteiger partial charge on any atom is 0.219 e. The second-order valence-electron chi connectivity index (χ2n) is 4.32. The molecule has 2 rings (SSSR count). The van der Waals surface area contributed by atoms with Crippen molar-refractivity contribution in [3.63, 3.8) is 0 Å². The van der Waals surface area contributed by atoms with Crippen LogP contribution in [0.15, 0.2) is 42.6 Å². The van der Waals surface area contributed by atoms with E-state index in [4.69, 9.17) is 15.2 Å². The van der Waals surface area contributed by atoms with Crippen LogP contribution >= 0.6 is 0 Å². The summed E-state index contributed by atoms with van der Waals surface area (Å²) in [7, 11) is 1.60. The van der Waals surface area contributed by atoms with Crippen molar-refractivity contribution in [3.05, 3.63) is 53.7 Å². The molecular formula is C15H18N2O2. The number of aromatic nitrogens is 1. The molecule has 0 saturated carbocycles. The first-order valence-corrected chi connectivity index (χ1v) is 6.17. The van der Waals surface area contributed by atoms with E-state index in [0.717, 1.165) is 16.9 Å². The summed E-state index contributed by atoms with van der Waals surface area (Å²) in [6.45, 7) is 2.38. The van der Waals surface area contributed by atoms with Crippen LogP contribution in [-0.4, -0.2) is 12.1 Å². The summed E-state index contributed by atoms with van der Waals surface area (Å²) in [5.41, 5.74) is 7.81. The zero-order valence-electron chi connectivity index (χ0n) is 11.2. The molecule has 0 fully saturated rings. The number of hydrogen-bond acceptors (Lipinski definition) is 4. The standard InChI is InChI=1S/C15H18N2O2/c1-11(16)12-5-7-14(8-6-12)19-10-13-4-3-9-17-15(13)18-2/h3-9,11H,10,16H2,1-2H3/t11-/m1/s1. The molecule has 100 valence electrons. The van der Waals surface area contributed by atoms with Gasteiger partial charge in [0, 0.05) is 12.2 Å². The van der Waals surface area contributed by atoms with E-state index in [1.165, 1.54) is 0 Å². The second kappa shape index (κ2) is 6.20. The molecule has 0 saturated heterocycles. The van der Waals surface area contributed by atoms with Crippen LogP contribution in [0, 0.1) is 0 Å². The molecule has 0 spiro atoms. The topological polar surface area (TPSA) is 57.4 Å². The molecule has 1 heterocycles. The Bertz CT molecular complexity index is 524. The van der Waals surface area contributed by atoms with Gasteiger partial charge < -0.3 is 15.2 Å². The first-order valence-electron chi connectivity index (χ1n) is 6.17. The van der Waals surface area contributed by atoms with Gasteiger partial charge in [-0.3, -0.25) is 0 Å². The van der Waals surface area contributed by atoms with Crippen molar-refractivity contribution in [2.75, 3.05) is 7.11 Å². The minimum absolute atomic E-state index is 0.0347. The molecule has 1 atom stereocenters. The smallest absolute Gasteiger partial charge is 0.219 e. The van der Waals surface area contributed by atoms with Crippen molar-refractivity contribution in [2.24, 2.45) is 5.73 Å². The molecule has 0 bridgehead atoms. The van der Waals surface area contributed by atoms with E-state index in [2.05, 4.69) is 4.98 Å². The first kappa shape index (κ1) is 13.4. The quantitative estimate of drug-likeness (QED) is 0.895. The molecule has 0 aliphatic carbocycles. The second-order valence-corrected chi connectivity index (χ2v) is 4.32. The van der Waals surface area contributed by atoms with Gasteiger partial charge in [-0.2, -0.15) is 0 Å². The van der Waals surface area contributed by atoms with Gasteiger partial charge in [-0.1, -0.05) is 12.1 Å². The van der Waals surface area contributed by atoms with Crippen LogP contribution < -0.4 is 15.2 Å². The lowest BCUT2D eigenvalue weighted by Crippen LogP contribution is -2.04. The molecule has 4 nitrogen and oxygen atoms in total. The zero-order valence-corrected chi connectivity index (χ0v) is 11.2. The van der Waals surface area contributed by atoms with Gasteiger partial charge in [0.25, 0.3) is 0 Å². The molecule has 0 aliphatic heterocycles. The molecule has 2 aromatic rings. The lowest BCUT2D eigenvalue weighted by molar-refractivity contribution is 0.294. The van der Waals surface area contributed by atoms with Crippen LogP contribution in [0.4, 0.5) is 0 Å². The molecule has 0 unspecified atom stereocenters. The van der Waals surface area contributed by atoms with Gasteiger partial charge >= 0.3 is 0 Å². The van der Waals surface area contributed by atoms with Crippen LogP contribution in [0.5, 0.6) is 11.6 Å². The summed E-state index contributed by atoms with van der Waals surface area (Å²) in [6.07, 6.45) is 1.69. The van der Waals surface area contributed by atoms with Crippen LogP contribution in [0.3, 0.4) is 0 Å². The molecule has 0 aliphatic rings. The number of ether oxygens (including phenoxy) is 2. The number of methoxy groups -OCH3 is 1. The fourth-order valence-corrected chi connectivity index (χ4v) is 1.75. The van der Waals surface area contributed by atoms with Crippen molar-refractivity contribution in [1.82, 2.24) is 4.98 Å². The van der Waals surface area contributed by atoms with Crippen molar-refractivity contribution in [2.45, 2.75) is 19.6 Å². The first-order chi connectivity index (χ1) is 9.20. The van der Waals surface area contributed by atoms with Crippen molar-refractivity contribution in [3.8, 4) is 11.6 Å². The lowest BCUT2D eigenvalue weighted by atomic mass is 10.1. The summed E-state index contributed by atoms with van der Waals surface area (Å²) in [5, 5.41) is 0. The predicted octanol–water partition coefficient (Wildman–Crippen LogP) is 2.69. The van der Waals surface area contributed by atoms with Gasteiger partial charge in [0.1, 0.15) is 12.4 Å². The molecule has 2 N–H and O–H groups in total. The van der Waals surface area contributed by atoms with Gasteiger partial charge in [-0.05, 0) is 36.8 Å². The van der Waals surface area contributed by atoms with Crippen molar-refractivity contribution in [1.29, 1.82) is 0 Å². The van der Waals surface area contributed by atoms with E-state index in [0.29, 0.717) is 12.5 Å². The predicted molar refractivity (Wildman–Crippen MR) is 74.2 cm³/mol. The molecule has 0 radical (unpaired) electrons. The highest BCUT2D eigenvalue weighted by molar-refractivity contribution is 5.30. The Hall–Kier alpha value is -2.07. The van der Waals surface area contributed by atoms with Gasteiger partial charge in [0.2, 0.25) is 5.88 Å². The fourth-order valence-electron chi connectivity index (χ4n) is 1.75. The van der Waals surface area contributed by atoms with Gasteiger partial charge in [0.15, 0.2) is 0 Å². The van der Waals surface area contributed by atoms with Crippen LogP contribution in [-0.2, 0) is 6.61 Å². The lowest BCUT2D eigenvalue weighted by Gasteiger charge is -2.10. The monoisotopic (exact) mass is 258 g/mol. The number of benzene rings is 1. The number of nitrogens with two attached hydrogens (primary N) is 1. The average Bonchev–Trinajstić information content (AvgIpc) is 2.45. The minimum Gasteiger partial charge on any atom is -0.489 e. The molecular weight excluding hydrogens is 240 g/mol. The van der Waals surface area contributed by atoms with Gasteiger partial charge in [0.05, 0.1) is 12.7 Å². The van der Waals surface area contributed by atoms with Crippen molar-refractivity contribution < 1.29 is 9.47 Å². The summed E-state index contributed by atoms with van der Waals surface area (Å²) >= 11 is 0. The Morgan fingerprint density at radius 2 is 1.95 bits per heavy atom. The third kappa shape index (κ3) is 3.45. The van der Waals surface area contributed by atoms with E-state index in [1.807, 2.05) is 43.3 Å². The highest BCUT2D eigenvalue weighted by Crippen LogP contribution is 2.19. The Balaban J connectivity index is 2.02. The van der Waals surface area contributed by atoms with Crippen LogP contribution in [0.25, 0.3) is 0 Å². The van der Waals surface area contributed by atoms with E-state index in [9.17, 15) is 0 Å². The van der Waals surface area contributed by atoms with Gasteiger partial charge in [-0.25, -0.2) is 4.98 Å². The molecule has 1 aromatic carbocycles. The summed E-state index contributed by atoms with van der Waals surface area (Å²) in [5.74, 6) is 1.39. The SMILES string of the molecule is COc1ncccc1COc1ccc([C@@H](C)N)cc1. The molecule has 4 heteroatoms. The highest BCUT2D eigenvalue weighted by atomic mass is 16.5. The zero-order chi connectivity index (χ0) is 13.7. The maximum absolute atomic E-state index is 5.80. The van der Waals surface area contributed by atoms with Crippen LogP contribution in [0.1, 0.15) is 24.1 Å². The third-order valence-electron chi connectivity index (χ3n) is 2.84. The largest absolute Gasteiger partial charge is 0.489 e. The van der Waals surface area contributed by atoms with Crippen molar-refractivity contribution >= 4 is 0 Å². The third-order valence-corrected chi connectivity index (χ3v) is 2.84.